The Bertz CT molecular complexity index is 329. The molecule has 1 saturated carbocycles. The van der Waals surface area contributed by atoms with E-state index in [2.05, 4.69) is 41.7 Å². The number of nitrogens with zero attached hydrogens (tertiary/aromatic N) is 1. The molecule has 88 valence electrons. The third-order valence-corrected chi connectivity index (χ3v) is 3.67. The second-order valence-electron chi connectivity index (χ2n) is 4.77. The molecule has 0 heterocycles. The van der Waals surface area contributed by atoms with Crippen LogP contribution in [0.15, 0.2) is 24.3 Å². The van der Waals surface area contributed by atoms with E-state index in [1.54, 1.807) is 0 Å². The van der Waals surface area contributed by atoms with Crippen molar-refractivity contribution in [2.45, 2.75) is 32.1 Å². The zero-order valence-electron chi connectivity index (χ0n) is 10.4. The van der Waals surface area contributed by atoms with Gasteiger partial charge in [-0.25, -0.2) is 5.43 Å². The van der Waals surface area contributed by atoms with E-state index in [0.29, 0.717) is 0 Å². The molecule has 1 aromatic carbocycles. The minimum Gasteiger partial charge on any atom is -0.311 e. The molecule has 16 heavy (non-hydrogen) atoms. The van der Waals surface area contributed by atoms with Crippen LogP contribution in [0.4, 0.5) is 5.69 Å². The fraction of sp³-hybridized carbons (Fsp3) is 0.571. The summed E-state index contributed by atoms with van der Waals surface area (Å²) in [6.45, 7) is 0. The molecule has 0 aromatic heterocycles. The Morgan fingerprint density at radius 2 is 1.94 bits per heavy atom. The zero-order chi connectivity index (χ0) is 11.4. The lowest BCUT2D eigenvalue weighted by molar-refractivity contribution is 0.545. The Balaban J connectivity index is 2.12. The number of nitrogens with one attached hydrogen (secondary N) is 1. The summed E-state index contributed by atoms with van der Waals surface area (Å²) < 4.78 is 0. The van der Waals surface area contributed by atoms with Gasteiger partial charge < -0.3 is 5.01 Å². The van der Waals surface area contributed by atoms with Gasteiger partial charge >= 0.3 is 0 Å². The minimum absolute atomic E-state index is 0.909. The predicted molar refractivity (Wildman–Crippen MR) is 69.6 cm³/mol. The Hall–Kier alpha value is -1.02. The molecule has 0 bridgehead atoms. The highest BCUT2D eigenvalue weighted by Crippen LogP contribution is 2.30. The number of hydrazine groups is 1. The fourth-order valence-electron chi connectivity index (χ4n) is 2.66. The van der Waals surface area contributed by atoms with Gasteiger partial charge in [-0.15, -0.1) is 0 Å². The van der Waals surface area contributed by atoms with Crippen LogP contribution in [0.25, 0.3) is 0 Å². The monoisotopic (exact) mass is 218 g/mol. The van der Waals surface area contributed by atoms with Crippen molar-refractivity contribution in [1.29, 1.82) is 0 Å². The van der Waals surface area contributed by atoms with E-state index in [4.69, 9.17) is 0 Å². The van der Waals surface area contributed by atoms with Crippen LogP contribution in [0.1, 0.15) is 31.2 Å². The summed E-state index contributed by atoms with van der Waals surface area (Å²) in [5.41, 5.74) is 5.97. The minimum atomic E-state index is 0.909. The summed E-state index contributed by atoms with van der Waals surface area (Å²) in [6, 6.07) is 8.72. The number of para-hydroxylation sites is 1. The Kier molecular flexibility index (Phi) is 3.83. The van der Waals surface area contributed by atoms with E-state index >= 15 is 0 Å². The fourth-order valence-corrected chi connectivity index (χ4v) is 2.66. The Morgan fingerprint density at radius 1 is 1.25 bits per heavy atom. The van der Waals surface area contributed by atoms with Crippen molar-refractivity contribution in [2.75, 3.05) is 19.1 Å². The van der Waals surface area contributed by atoms with Gasteiger partial charge in [-0.3, -0.25) is 0 Å². The lowest BCUT2D eigenvalue weighted by Crippen LogP contribution is -2.31. The number of hydrogen-bond acceptors (Lipinski definition) is 2. The van der Waals surface area contributed by atoms with Gasteiger partial charge in [-0.2, -0.15) is 0 Å². The Morgan fingerprint density at radius 3 is 2.62 bits per heavy atom. The van der Waals surface area contributed by atoms with Crippen molar-refractivity contribution in [3.8, 4) is 0 Å². The highest BCUT2D eigenvalue weighted by atomic mass is 15.5. The average Bonchev–Trinajstić information content (AvgIpc) is 2.82. The topological polar surface area (TPSA) is 15.3 Å². The van der Waals surface area contributed by atoms with Gasteiger partial charge in [0.05, 0.1) is 5.69 Å². The van der Waals surface area contributed by atoms with Crippen molar-refractivity contribution in [3.05, 3.63) is 29.8 Å². The maximum Gasteiger partial charge on any atom is 0.0548 e. The van der Waals surface area contributed by atoms with E-state index in [1.165, 1.54) is 43.4 Å². The van der Waals surface area contributed by atoms with Crippen LogP contribution in [0, 0.1) is 5.92 Å². The van der Waals surface area contributed by atoms with E-state index < -0.39 is 0 Å². The number of benzene rings is 1. The molecule has 2 nitrogen and oxygen atoms in total. The zero-order valence-corrected chi connectivity index (χ0v) is 10.4. The van der Waals surface area contributed by atoms with Crippen molar-refractivity contribution in [3.63, 3.8) is 0 Å². The summed E-state index contributed by atoms with van der Waals surface area (Å²) in [4.78, 5) is 0. The number of hydrogen-bond donors (Lipinski definition) is 1. The van der Waals surface area contributed by atoms with Gasteiger partial charge in [-0.1, -0.05) is 43.9 Å². The van der Waals surface area contributed by atoms with E-state index in [1.807, 2.05) is 7.05 Å². The molecule has 1 aliphatic rings. The third kappa shape index (κ3) is 2.56. The number of anilines is 1. The molecule has 0 spiro atoms. The molecule has 2 heteroatoms. The van der Waals surface area contributed by atoms with Crippen LogP contribution < -0.4 is 10.4 Å². The average molecular weight is 218 g/mol. The molecule has 1 aromatic rings. The van der Waals surface area contributed by atoms with Crippen LogP contribution in [0.3, 0.4) is 0 Å². The normalized spacial score (nSPS) is 16.6. The van der Waals surface area contributed by atoms with Gasteiger partial charge in [0.25, 0.3) is 0 Å². The second kappa shape index (κ2) is 5.35. The molecular formula is C14H22N2. The lowest BCUT2D eigenvalue weighted by atomic mass is 9.97. The molecule has 0 unspecified atom stereocenters. The molecule has 1 N–H and O–H groups in total. The van der Waals surface area contributed by atoms with Crippen molar-refractivity contribution in [1.82, 2.24) is 5.43 Å². The summed E-state index contributed by atoms with van der Waals surface area (Å²) in [6.07, 6.45) is 6.92. The Labute approximate surface area is 98.6 Å². The van der Waals surface area contributed by atoms with E-state index in [9.17, 15) is 0 Å². The highest BCUT2D eigenvalue weighted by Gasteiger charge is 2.17. The van der Waals surface area contributed by atoms with Crippen LogP contribution in [-0.2, 0) is 6.42 Å². The second-order valence-corrected chi connectivity index (χ2v) is 4.77. The highest BCUT2D eigenvalue weighted by molar-refractivity contribution is 5.52. The largest absolute Gasteiger partial charge is 0.311 e. The van der Waals surface area contributed by atoms with E-state index in [-0.39, 0.29) is 0 Å². The molecule has 0 radical (unpaired) electrons. The van der Waals surface area contributed by atoms with Crippen LogP contribution >= 0.6 is 0 Å². The smallest absolute Gasteiger partial charge is 0.0548 e. The molecule has 0 aliphatic heterocycles. The molecular weight excluding hydrogens is 196 g/mol. The van der Waals surface area contributed by atoms with Crippen molar-refractivity contribution < 1.29 is 0 Å². The van der Waals surface area contributed by atoms with Crippen molar-refractivity contribution in [2.24, 2.45) is 5.92 Å². The summed E-state index contributed by atoms with van der Waals surface area (Å²) >= 11 is 0. The molecule has 0 atom stereocenters. The van der Waals surface area contributed by atoms with Gasteiger partial charge in [0.2, 0.25) is 0 Å². The predicted octanol–water partition coefficient (Wildman–Crippen LogP) is 2.99. The first-order valence-electron chi connectivity index (χ1n) is 6.30. The summed E-state index contributed by atoms with van der Waals surface area (Å²) in [7, 11) is 4.04. The van der Waals surface area contributed by atoms with Gasteiger partial charge in [0.1, 0.15) is 0 Å². The van der Waals surface area contributed by atoms with E-state index in [0.717, 1.165) is 5.92 Å². The summed E-state index contributed by atoms with van der Waals surface area (Å²) in [5, 5.41) is 2.10. The maximum absolute atomic E-state index is 3.18. The molecule has 1 fully saturated rings. The maximum atomic E-state index is 3.18. The molecule has 1 aliphatic carbocycles. The van der Waals surface area contributed by atoms with Crippen LogP contribution in [-0.4, -0.2) is 14.1 Å². The SMILES string of the molecule is CNN(C)c1ccccc1CC1CCCC1. The van der Waals surface area contributed by atoms with Gasteiger partial charge in [-0.05, 0) is 24.0 Å². The third-order valence-electron chi connectivity index (χ3n) is 3.67. The summed E-state index contributed by atoms with van der Waals surface area (Å²) in [5.74, 6) is 0.909. The van der Waals surface area contributed by atoms with Crippen molar-refractivity contribution >= 4 is 5.69 Å². The standard InChI is InChI=1S/C14H22N2/c1-15-16(2)14-10-6-5-9-13(14)11-12-7-3-4-8-12/h5-6,9-10,12,15H,3-4,7-8,11H2,1-2H3. The first-order chi connectivity index (χ1) is 7.81. The first-order valence-corrected chi connectivity index (χ1v) is 6.30. The van der Waals surface area contributed by atoms with Crippen LogP contribution in [0.5, 0.6) is 0 Å². The van der Waals surface area contributed by atoms with Gasteiger partial charge in [0, 0.05) is 14.1 Å². The lowest BCUT2D eigenvalue weighted by Gasteiger charge is -2.22. The van der Waals surface area contributed by atoms with Gasteiger partial charge in [0.15, 0.2) is 0 Å². The number of rotatable bonds is 4. The quantitative estimate of drug-likeness (QED) is 0.782. The van der Waals surface area contributed by atoms with Crippen LogP contribution in [0.2, 0.25) is 0 Å². The first kappa shape index (κ1) is 11.5. The molecule has 0 saturated heterocycles. The molecule has 0 amide bonds. The molecule has 2 rings (SSSR count).